The molecule has 150 valence electrons. The first-order chi connectivity index (χ1) is 14.7. The number of ether oxygens (including phenoxy) is 1. The van der Waals surface area contributed by atoms with Gasteiger partial charge in [0.05, 0.1) is 11.9 Å². The molecule has 0 aliphatic carbocycles. The number of rotatable bonds is 7. The van der Waals surface area contributed by atoms with E-state index in [2.05, 4.69) is 31.4 Å². The summed E-state index contributed by atoms with van der Waals surface area (Å²) in [5.74, 6) is 0.777. The van der Waals surface area contributed by atoms with E-state index in [1.807, 2.05) is 78.2 Å². The highest BCUT2D eigenvalue weighted by Crippen LogP contribution is 2.26. The van der Waals surface area contributed by atoms with E-state index in [-0.39, 0.29) is 0 Å². The Balaban J connectivity index is 1.31. The Morgan fingerprint density at radius 2 is 1.80 bits per heavy atom. The Morgan fingerprint density at radius 1 is 1.03 bits per heavy atom. The number of thiazole rings is 1. The average molecular weight is 499 g/mol. The van der Waals surface area contributed by atoms with Crippen LogP contribution >= 0.6 is 38.9 Å². The fourth-order valence-corrected chi connectivity index (χ4v) is 3.79. The second-order valence-electron chi connectivity index (χ2n) is 6.36. The van der Waals surface area contributed by atoms with Crippen molar-refractivity contribution in [1.29, 1.82) is 0 Å². The lowest BCUT2D eigenvalue weighted by Gasteiger charge is -2.07. The summed E-state index contributed by atoms with van der Waals surface area (Å²) in [7, 11) is 0. The normalized spacial score (nSPS) is 11.0. The van der Waals surface area contributed by atoms with Gasteiger partial charge >= 0.3 is 0 Å². The van der Waals surface area contributed by atoms with Gasteiger partial charge in [-0.25, -0.2) is 4.98 Å². The third-order valence-electron chi connectivity index (χ3n) is 4.25. The predicted octanol–water partition coefficient (Wildman–Crippen LogP) is 7.25. The number of aromatic nitrogens is 1. The third kappa shape index (κ3) is 5.48. The zero-order chi connectivity index (χ0) is 20.8. The van der Waals surface area contributed by atoms with Crippen LogP contribution in [0.15, 0.2) is 87.8 Å². The van der Waals surface area contributed by atoms with Crippen molar-refractivity contribution in [1.82, 2.24) is 4.98 Å². The van der Waals surface area contributed by atoms with E-state index in [1.54, 1.807) is 6.21 Å². The Hall–Kier alpha value is -2.67. The first-order valence-electron chi connectivity index (χ1n) is 9.14. The van der Waals surface area contributed by atoms with Crippen LogP contribution in [0.25, 0.3) is 11.3 Å². The molecule has 0 atom stereocenters. The van der Waals surface area contributed by atoms with Gasteiger partial charge in [0.25, 0.3) is 0 Å². The number of halogens is 2. The zero-order valence-electron chi connectivity index (χ0n) is 15.8. The molecule has 7 heteroatoms. The van der Waals surface area contributed by atoms with Crippen molar-refractivity contribution in [3.63, 3.8) is 0 Å². The molecule has 0 radical (unpaired) electrons. The number of nitrogens with one attached hydrogen (secondary N) is 1. The van der Waals surface area contributed by atoms with Crippen LogP contribution in [0.1, 0.15) is 11.1 Å². The molecule has 4 rings (SSSR count). The lowest BCUT2D eigenvalue weighted by molar-refractivity contribution is 0.306. The quantitative estimate of drug-likeness (QED) is 0.216. The molecule has 1 N–H and O–H groups in total. The Kier molecular flexibility index (Phi) is 6.79. The Labute approximate surface area is 192 Å². The van der Waals surface area contributed by atoms with Crippen LogP contribution in [0.5, 0.6) is 5.75 Å². The van der Waals surface area contributed by atoms with Gasteiger partial charge in [-0.05, 0) is 48.0 Å². The number of nitrogens with zero attached hydrogens (tertiary/aromatic N) is 2. The molecule has 4 aromatic rings. The maximum absolute atomic E-state index is 6.16. The van der Waals surface area contributed by atoms with Gasteiger partial charge in [0.1, 0.15) is 12.4 Å². The van der Waals surface area contributed by atoms with Gasteiger partial charge in [-0.15, -0.1) is 11.3 Å². The summed E-state index contributed by atoms with van der Waals surface area (Å²) >= 11 is 11.1. The van der Waals surface area contributed by atoms with E-state index in [1.165, 1.54) is 11.3 Å². The lowest BCUT2D eigenvalue weighted by atomic mass is 10.2. The molecule has 4 nitrogen and oxygen atoms in total. The van der Waals surface area contributed by atoms with Gasteiger partial charge in [0.15, 0.2) is 0 Å². The molecule has 0 unspecified atom stereocenters. The summed E-state index contributed by atoms with van der Waals surface area (Å²) in [6.45, 7) is 0.430. The molecule has 3 aromatic carbocycles. The first-order valence-corrected chi connectivity index (χ1v) is 11.2. The first kappa shape index (κ1) is 20.6. The molecular formula is C23H17BrClN3OS. The summed E-state index contributed by atoms with van der Waals surface area (Å²) in [5, 5.41) is 7.73. The van der Waals surface area contributed by atoms with Crippen LogP contribution in [0, 0.1) is 0 Å². The molecule has 1 aromatic heterocycles. The van der Waals surface area contributed by atoms with Gasteiger partial charge in [0, 0.05) is 26.0 Å². The number of benzene rings is 3. The van der Waals surface area contributed by atoms with Crippen LogP contribution in [0.2, 0.25) is 5.02 Å². The summed E-state index contributed by atoms with van der Waals surface area (Å²) in [6.07, 6.45) is 1.75. The highest BCUT2D eigenvalue weighted by atomic mass is 79.9. The molecule has 30 heavy (non-hydrogen) atoms. The maximum atomic E-state index is 6.16. The van der Waals surface area contributed by atoms with Crippen LogP contribution in [0.3, 0.4) is 0 Å². The highest BCUT2D eigenvalue weighted by molar-refractivity contribution is 9.10. The van der Waals surface area contributed by atoms with Crippen molar-refractivity contribution in [2.45, 2.75) is 6.61 Å². The van der Waals surface area contributed by atoms with E-state index in [0.717, 1.165) is 37.7 Å². The second-order valence-corrected chi connectivity index (χ2v) is 8.54. The fourth-order valence-electron chi connectivity index (χ4n) is 2.67. The molecule has 0 bridgehead atoms. The maximum Gasteiger partial charge on any atom is 0.203 e. The lowest BCUT2D eigenvalue weighted by Crippen LogP contribution is -1.96. The average Bonchev–Trinajstić information content (AvgIpc) is 3.23. The molecule has 1 heterocycles. The largest absolute Gasteiger partial charge is 0.489 e. The van der Waals surface area contributed by atoms with Gasteiger partial charge in [-0.1, -0.05) is 57.9 Å². The van der Waals surface area contributed by atoms with Crippen molar-refractivity contribution in [3.8, 4) is 17.0 Å². The van der Waals surface area contributed by atoms with Crippen molar-refractivity contribution < 1.29 is 4.74 Å². The number of hydrazone groups is 1. The molecule has 0 amide bonds. The van der Waals surface area contributed by atoms with Gasteiger partial charge < -0.3 is 4.74 Å². The van der Waals surface area contributed by atoms with Gasteiger partial charge in [-0.2, -0.15) is 5.10 Å². The third-order valence-corrected chi connectivity index (χ3v) is 5.89. The summed E-state index contributed by atoms with van der Waals surface area (Å²) in [4.78, 5) is 4.56. The smallest absolute Gasteiger partial charge is 0.203 e. The van der Waals surface area contributed by atoms with Crippen molar-refractivity contribution in [3.05, 3.63) is 98.8 Å². The molecule has 0 aliphatic heterocycles. The van der Waals surface area contributed by atoms with Crippen LogP contribution in [-0.2, 0) is 6.61 Å². The van der Waals surface area contributed by atoms with E-state index in [9.17, 15) is 0 Å². The van der Waals surface area contributed by atoms with Crippen molar-refractivity contribution in [2.24, 2.45) is 5.10 Å². The minimum absolute atomic E-state index is 0.430. The minimum Gasteiger partial charge on any atom is -0.489 e. The SMILES string of the molecule is Clc1ccccc1COc1ccc(/C=N\Nc2nc(-c3ccc(Br)cc3)cs2)cc1. The topological polar surface area (TPSA) is 46.5 Å². The molecule has 0 saturated heterocycles. The van der Waals surface area contributed by atoms with Crippen LogP contribution < -0.4 is 10.2 Å². The van der Waals surface area contributed by atoms with Crippen molar-refractivity contribution in [2.75, 3.05) is 5.43 Å². The molecule has 0 spiro atoms. The number of hydrogen-bond donors (Lipinski definition) is 1. The summed E-state index contributed by atoms with van der Waals surface area (Å²) in [5.41, 5.74) is 6.89. The number of anilines is 1. The predicted molar refractivity (Wildman–Crippen MR) is 129 cm³/mol. The molecular weight excluding hydrogens is 482 g/mol. The van der Waals surface area contributed by atoms with E-state index >= 15 is 0 Å². The molecule has 0 aliphatic rings. The fraction of sp³-hybridized carbons (Fsp3) is 0.0435. The summed E-state index contributed by atoms with van der Waals surface area (Å²) < 4.78 is 6.84. The van der Waals surface area contributed by atoms with Crippen LogP contribution in [-0.4, -0.2) is 11.2 Å². The monoisotopic (exact) mass is 497 g/mol. The van der Waals surface area contributed by atoms with Gasteiger partial charge in [-0.3, -0.25) is 5.43 Å². The minimum atomic E-state index is 0.430. The van der Waals surface area contributed by atoms with Gasteiger partial charge in [0.2, 0.25) is 5.13 Å². The van der Waals surface area contributed by atoms with E-state index in [4.69, 9.17) is 16.3 Å². The summed E-state index contributed by atoms with van der Waals surface area (Å²) in [6, 6.07) is 23.4. The standard InChI is InChI=1S/C23H17BrClN3OS/c24-19-9-7-17(8-10-19)22-15-30-23(27-22)28-26-13-16-5-11-20(12-6-16)29-14-18-3-1-2-4-21(18)25/h1-13,15H,14H2,(H,27,28)/b26-13-. The molecule has 0 fully saturated rings. The molecule has 0 saturated carbocycles. The Bertz CT molecular complexity index is 1140. The van der Waals surface area contributed by atoms with Crippen LogP contribution in [0.4, 0.5) is 5.13 Å². The highest BCUT2D eigenvalue weighted by Gasteiger charge is 2.04. The second kappa shape index (κ2) is 9.89. The Morgan fingerprint density at radius 3 is 2.57 bits per heavy atom. The zero-order valence-corrected chi connectivity index (χ0v) is 18.9. The van der Waals surface area contributed by atoms with E-state index in [0.29, 0.717) is 11.6 Å². The van der Waals surface area contributed by atoms with Crippen molar-refractivity contribution >= 4 is 50.2 Å². The van der Waals surface area contributed by atoms with E-state index < -0.39 is 0 Å². The number of hydrogen-bond acceptors (Lipinski definition) is 5.